The molecular formula is C11H22O2Si. The molecule has 1 rings (SSSR count). The molecule has 1 fully saturated rings. The Morgan fingerprint density at radius 1 is 1.29 bits per heavy atom. The van der Waals surface area contributed by atoms with Crippen molar-refractivity contribution in [2.24, 2.45) is 5.92 Å². The van der Waals surface area contributed by atoms with Crippen molar-refractivity contribution in [3.63, 3.8) is 0 Å². The summed E-state index contributed by atoms with van der Waals surface area (Å²) in [5.74, 6) is 0.286. The van der Waals surface area contributed by atoms with Crippen LogP contribution in [0.25, 0.3) is 0 Å². The van der Waals surface area contributed by atoms with Gasteiger partial charge in [-0.05, 0) is 12.0 Å². The van der Waals surface area contributed by atoms with Gasteiger partial charge in [-0.3, -0.25) is 4.79 Å². The molecule has 0 N–H and O–H groups in total. The van der Waals surface area contributed by atoms with E-state index in [0.717, 1.165) is 12.0 Å². The van der Waals surface area contributed by atoms with Crippen molar-refractivity contribution in [3.8, 4) is 0 Å². The first-order valence-corrected chi connectivity index (χ1v) is 8.42. The average Bonchev–Trinajstić information content (AvgIpc) is 3.01. The lowest BCUT2D eigenvalue weighted by Gasteiger charge is -2.28. The van der Waals surface area contributed by atoms with Gasteiger partial charge in [0.1, 0.15) is 0 Å². The lowest BCUT2D eigenvalue weighted by atomic mass is 10.4. The first-order chi connectivity index (χ1) is 6.65. The monoisotopic (exact) mass is 214 g/mol. The molecule has 2 unspecified atom stereocenters. The van der Waals surface area contributed by atoms with Crippen molar-refractivity contribution in [1.82, 2.24) is 0 Å². The highest BCUT2D eigenvalue weighted by atomic mass is 28.3. The molecule has 82 valence electrons. The zero-order chi connectivity index (χ0) is 10.8. The second-order valence-electron chi connectivity index (χ2n) is 4.39. The average molecular weight is 214 g/mol. The van der Waals surface area contributed by atoms with Crippen LogP contribution in [0, 0.1) is 5.92 Å². The number of carbonyl (C=O) groups excluding carboxylic acids is 1. The van der Waals surface area contributed by atoms with Gasteiger partial charge in [-0.15, -0.1) is 0 Å². The van der Waals surface area contributed by atoms with E-state index in [0.29, 0.717) is 0 Å². The van der Waals surface area contributed by atoms with Crippen molar-refractivity contribution in [3.05, 3.63) is 0 Å². The van der Waals surface area contributed by atoms with Crippen LogP contribution in [0.2, 0.25) is 23.7 Å². The van der Waals surface area contributed by atoms with Crippen LogP contribution >= 0.6 is 0 Å². The van der Waals surface area contributed by atoms with Gasteiger partial charge in [0.2, 0.25) is 0 Å². The summed E-state index contributed by atoms with van der Waals surface area (Å²) in [6.45, 7) is 6.89. The van der Waals surface area contributed by atoms with Crippen LogP contribution in [-0.2, 0) is 9.53 Å². The molecule has 1 saturated carbocycles. The van der Waals surface area contributed by atoms with Gasteiger partial charge in [-0.25, -0.2) is 0 Å². The standard InChI is InChI=1S/C11H22O2Si/c1-5-14(6-2,7-3)10-8-9(10)11(12)13-4/h9-10H,5-8H2,1-4H3. The van der Waals surface area contributed by atoms with E-state index in [4.69, 9.17) is 4.74 Å². The molecule has 0 amide bonds. The van der Waals surface area contributed by atoms with Gasteiger partial charge in [0, 0.05) is 0 Å². The van der Waals surface area contributed by atoms with E-state index in [1.165, 1.54) is 25.2 Å². The summed E-state index contributed by atoms with van der Waals surface area (Å²) in [4.78, 5) is 11.4. The van der Waals surface area contributed by atoms with Gasteiger partial charge >= 0.3 is 5.97 Å². The Morgan fingerprint density at radius 2 is 1.79 bits per heavy atom. The maximum absolute atomic E-state index is 11.4. The number of esters is 1. The quantitative estimate of drug-likeness (QED) is 0.519. The molecule has 0 spiro atoms. The second-order valence-corrected chi connectivity index (χ2v) is 9.98. The van der Waals surface area contributed by atoms with E-state index in [2.05, 4.69) is 20.8 Å². The Morgan fingerprint density at radius 3 is 2.14 bits per heavy atom. The summed E-state index contributed by atoms with van der Waals surface area (Å²) in [6, 6.07) is 3.95. The highest BCUT2D eigenvalue weighted by Crippen LogP contribution is 2.56. The third kappa shape index (κ3) is 1.87. The minimum atomic E-state index is -1.13. The third-order valence-corrected chi connectivity index (χ3v) is 10.6. The molecule has 0 radical (unpaired) electrons. The Labute approximate surface area is 88.0 Å². The number of methoxy groups -OCH3 is 1. The topological polar surface area (TPSA) is 26.3 Å². The maximum atomic E-state index is 11.4. The van der Waals surface area contributed by atoms with Crippen LogP contribution in [0.3, 0.4) is 0 Å². The zero-order valence-electron chi connectivity index (χ0n) is 9.80. The normalized spacial score (nSPS) is 26.0. The van der Waals surface area contributed by atoms with Crippen LogP contribution in [0.5, 0.6) is 0 Å². The highest BCUT2D eigenvalue weighted by molar-refractivity contribution is 6.82. The molecule has 0 aromatic carbocycles. The molecule has 0 saturated heterocycles. The van der Waals surface area contributed by atoms with Crippen LogP contribution in [0.15, 0.2) is 0 Å². The van der Waals surface area contributed by atoms with Crippen molar-refractivity contribution < 1.29 is 9.53 Å². The fourth-order valence-corrected chi connectivity index (χ4v) is 7.64. The molecule has 1 aliphatic carbocycles. The predicted molar refractivity (Wildman–Crippen MR) is 61.1 cm³/mol. The number of hydrogen-bond acceptors (Lipinski definition) is 2. The second kappa shape index (κ2) is 4.47. The van der Waals surface area contributed by atoms with Gasteiger partial charge in [0.05, 0.1) is 21.1 Å². The molecule has 1 aliphatic rings. The molecule has 0 aliphatic heterocycles. The first kappa shape index (κ1) is 11.8. The third-order valence-electron chi connectivity index (χ3n) is 4.19. The molecular weight excluding hydrogens is 192 g/mol. The summed E-state index contributed by atoms with van der Waals surface area (Å²) < 4.78 is 4.82. The highest BCUT2D eigenvalue weighted by Gasteiger charge is 2.54. The molecule has 0 bridgehead atoms. The van der Waals surface area contributed by atoms with E-state index in [1.54, 1.807) is 0 Å². The predicted octanol–water partition coefficient (Wildman–Crippen LogP) is 3.06. The van der Waals surface area contributed by atoms with E-state index < -0.39 is 8.07 Å². The maximum Gasteiger partial charge on any atom is 0.308 e. The van der Waals surface area contributed by atoms with Crippen molar-refractivity contribution >= 4 is 14.0 Å². The van der Waals surface area contributed by atoms with Gasteiger partial charge in [-0.1, -0.05) is 38.9 Å². The lowest BCUT2D eigenvalue weighted by Crippen LogP contribution is -2.33. The summed E-state index contributed by atoms with van der Waals surface area (Å²) >= 11 is 0. The summed E-state index contributed by atoms with van der Waals surface area (Å²) in [5.41, 5.74) is 0.718. The number of carbonyl (C=O) groups is 1. The molecule has 2 atom stereocenters. The fourth-order valence-electron chi connectivity index (χ4n) is 2.82. The molecule has 0 aromatic rings. The summed E-state index contributed by atoms with van der Waals surface area (Å²) in [6.07, 6.45) is 1.11. The Bertz CT molecular complexity index is 203. The van der Waals surface area contributed by atoms with Crippen LogP contribution in [0.4, 0.5) is 0 Å². The van der Waals surface area contributed by atoms with E-state index >= 15 is 0 Å². The number of hydrogen-bond donors (Lipinski definition) is 0. The fraction of sp³-hybridized carbons (Fsp3) is 0.909. The zero-order valence-corrected chi connectivity index (χ0v) is 10.8. The Balaban J connectivity index is 2.62. The SMILES string of the molecule is CC[Si](CC)(CC)C1CC1C(=O)OC. The van der Waals surface area contributed by atoms with Crippen LogP contribution in [-0.4, -0.2) is 21.2 Å². The smallest absolute Gasteiger partial charge is 0.308 e. The Hall–Kier alpha value is -0.313. The summed E-state index contributed by atoms with van der Waals surface area (Å²) in [5, 5.41) is 0. The molecule has 0 heterocycles. The minimum absolute atomic E-state index is 0.0298. The van der Waals surface area contributed by atoms with Gasteiger partial charge in [0.25, 0.3) is 0 Å². The van der Waals surface area contributed by atoms with Crippen molar-refractivity contribution in [1.29, 1.82) is 0 Å². The summed E-state index contributed by atoms with van der Waals surface area (Å²) in [7, 11) is 0.378. The molecule has 0 aromatic heterocycles. The number of rotatable bonds is 5. The van der Waals surface area contributed by atoms with Crippen molar-refractivity contribution in [2.45, 2.75) is 50.9 Å². The largest absolute Gasteiger partial charge is 0.469 e. The van der Waals surface area contributed by atoms with Gasteiger partial charge < -0.3 is 4.74 Å². The lowest BCUT2D eigenvalue weighted by molar-refractivity contribution is -0.142. The van der Waals surface area contributed by atoms with Crippen LogP contribution < -0.4 is 0 Å². The number of ether oxygens (including phenoxy) is 1. The van der Waals surface area contributed by atoms with E-state index in [1.807, 2.05) is 0 Å². The Kier molecular flexibility index (Phi) is 3.76. The van der Waals surface area contributed by atoms with Gasteiger partial charge in [0.15, 0.2) is 0 Å². The first-order valence-electron chi connectivity index (χ1n) is 5.73. The molecule has 3 heteroatoms. The van der Waals surface area contributed by atoms with Crippen molar-refractivity contribution in [2.75, 3.05) is 7.11 Å². The molecule has 2 nitrogen and oxygen atoms in total. The van der Waals surface area contributed by atoms with E-state index in [9.17, 15) is 4.79 Å². The van der Waals surface area contributed by atoms with E-state index in [-0.39, 0.29) is 11.9 Å². The van der Waals surface area contributed by atoms with Crippen LogP contribution in [0.1, 0.15) is 27.2 Å². The minimum Gasteiger partial charge on any atom is -0.469 e. The van der Waals surface area contributed by atoms with Gasteiger partial charge in [-0.2, -0.15) is 0 Å². The molecule has 14 heavy (non-hydrogen) atoms.